The van der Waals surface area contributed by atoms with Gasteiger partial charge in [0.05, 0.1) is 6.04 Å². The molecule has 0 bridgehead atoms. The van der Waals surface area contributed by atoms with E-state index in [0.29, 0.717) is 16.2 Å². The summed E-state index contributed by atoms with van der Waals surface area (Å²) in [5, 5.41) is 16.3. The molecule has 4 nitrogen and oxygen atoms in total. The molecule has 0 aromatic heterocycles. The number of carbonyl (C=O) groups is 1. The third kappa shape index (κ3) is 3.10. The number of phenolic OH excluding ortho intramolecular Hbond substituents is 1. The van der Waals surface area contributed by atoms with Crippen molar-refractivity contribution in [2.75, 3.05) is 0 Å². The van der Waals surface area contributed by atoms with E-state index in [9.17, 15) is 9.90 Å². The number of hydrogen-bond donors (Lipinski definition) is 3. The molecule has 2 aromatic rings. The lowest BCUT2D eigenvalue weighted by Gasteiger charge is -2.30. The summed E-state index contributed by atoms with van der Waals surface area (Å²) in [4.78, 5) is 12.9. The molecule has 0 fully saturated rings. The third-order valence-corrected chi connectivity index (χ3v) is 3.97. The lowest BCUT2D eigenvalue weighted by atomic mass is 9.89. The minimum Gasteiger partial charge on any atom is -0.508 e. The number of benzene rings is 2. The summed E-state index contributed by atoms with van der Waals surface area (Å²) in [5.41, 5.74) is 2.71. The number of phenols is 1. The Hall–Kier alpha value is -2.66. The first-order valence-corrected chi connectivity index (χ1v) is 7.64. The van der Waals surface area contributed by atoms with E-state index in [2.05, 4.69) is 10.6 Å². The fraction of sp³-hybridized carbons (Fsp3) is 0.111. The van der Waals surface area contributed by atoms with Crippen molar-refractivity contribution in [1.29, 1.82) is 0 Å². The Balaban J connectivity index is 2.08. The van der Waals surface area contributed by atoms with Crippen molar-refractivity contribution in [2.24, 2.45) is 0 Å². The van der Waals surface area contributed by atoms with Gasteiger partial charge in [-0.3, -0.25) is 4.79 Å². The van der Waals surface area contributed by atoms with Gasteiger partial charge in [-0.05, 0) is 36.8 Å². The standard InChI is InChI=1S/C18H16N2O2S/c1-11-15(17(22)12-6-3-2-4-7-12)16(20-18(23)19-11)13-8-5-9-14(21)10-13/h2-10,16,21H,1H3,(H2,19,20,23). The zero-order chi connectivity index (χ0) is 16.4. The fourth-order valence-corrected chi connectivity index (χ4v) is 2.97. The first kappa shape index (κ1) is 15.2. The maximum absolute atomic E-state index is 12.9. The molecule has 0 amide bonds. The van der Waals surface area contributed by atoms with E-state index in [0.717, 1.165) is 11.3 Å². The van der Waals surface area contributed by atoms with Crippen molar-refractivity contribution in [2.45, 2.75) is 13.0 Å². The Labute approximate surface area is 139 Å². The highest BCUT2D eigenvalue weighted by Crippen LogP contribution is 2.30. The Morgan fingerprint density at radius 2 is 1.87 bits per heavy atom. The number of Topliss-reactive ketones (excluding diaryl/α,β-unsaturated/α-hetero) is 1. The van der Waals surface area contributed by atoms with Gasteiger partial charge in [-0.1, -0.05) is 42.5 Å². The summed E-state index contributed by atoms with van der Waals surface area (Å²) < 4.78 is 0. The topological polar surface area (TPSA) is 61.4 Å². The van der Waals surface area contributed by atoms with Crippen molar-refractivity contribution in [3.8, 4) is 5.75 Å². The molecule has 0 aliphatic carbocycles. The highest BCUT2D eigenvalue weighted by atomic mass is 32.1. The molecule has 3 N–H and O–H groups in total. The average Bonchev–Trinajstić information content (AvgIpc) is 2.54. The number of thiocarbonyl (C=S) groups is 1. The molecule has 0 spiro atoms. The molecule has 1 aliphatic heterocycles. The van der Waals surface area contributed by atoms with Gasteiger partial charge in [-0.2, -0.15) is 0 Å². The second-order valence-electron chi connectivity index (χ2n) is 5.36. The minimum absolute atomic E-state index is 0.0704. The summed E-state index contributed by atoms with van der Waals surface area (Å²) in [7, 11) is 0. The van der Waals surface area contributed by atoms with E-state index in [1.807, 2.05) is 31.2 Å². The van der Waals surface area contributed by atoms with Gasteiger partial charge in [0.25, 0.3) is 0 Å². The predicted octanol–water partition coefficient (Wildman–Crippen LogP) is 3.07. The van der Waals surface area contributed by atoms with Gasteiger partial charge in [0.2, 0.25) is 0 Å². The monoisotopic (exact) mass is 324 g/mol. The van der Waals surface area contributed by atoms with Crippen LogP contribution in [0.5, 0.6) is 5.75 Å². The molecule has 116 valence electrons. The number of hydrogen-bond acceptors (Lipinski definition) is 3. The predicted molar refractivity (Wildman–Crippen MR) is 93.2 cm³/mol. The zero-order valence-corrected chi connectivity index (χ0v) is 13.4. The minimum atomic E-state index is -0.399. The molecule has 2 aromatic carbocycles. The van der Waals surface area contributed by atoms with Gasteiger partial charge in [-0.25, -0.2) is 0 Å². The second kappa shape index (κ2) is 6.22. The van der Waals surface area contributed by atoms with Crippen LogP contribution in [-0.4, -0.2) is 16.0 Å². The summed E-state index contributed by atoms with van der Waals surface area (Å²) in [6, 6.07) is 15.6. The van der Waals surface area contributed by atoms with Crippen LogP contribution in [0.25, 0.3) is 0 Å². The smallest absolute Gasteiger partial charge is 0.193 e. The third-order valence-electron chi connectivity index (χ3n) is 3.75. The van der Waals surface area contributed by atoms with Crippen molar-refractivity contribution >= 4 is 23.1 Å². The summed E-state index contributed by atoms with van der Waals surface area (Å²) in [6.07, 6.45) is 0. The molecule has 0 saturated heterocycles. The summed E-state index contributed by atoms with van der Waals surface area (Å²) in [6.45, 7) is 1.83. The van der Waals surface area contributed by atoms with Gasteiger partial charge in [-0.15, -0.1) is 0 Å². The molecule has 1 aliphatic rings. The lowest BCUT2D eigenvalue weighted by Crippen LogP contribution is -2.44. The zero-order valence-electron chi connectivity index (χ0n) is 12.5. The number of carbonyl (C=O) groups excluding carboxylic acids is 1. The normalized spacial score (nSPS) is 17.4. The molecule has 0 radical (unpaired) electrons. The van der Waals surface area contributed by atoms with Crippen molar-refractivity contribution < 1.29 is 9.90 Å². The van der Waals surface area contributed by atoms with Crippen LogP contribution in [-0.2, 0) is 0 Å². The molecule has 5 heteroatoms. The van der Waals surface area contributed by atoms with Crippen LogP contribution in [0.4, 0.5) is 0 Å². The van der Waals surface area contributed by atoms with Crippen LogP contribution in [0.15, 0.2) is 65.9 Å². The lowest BCUT2D eigenvalue weighted by molar-refractivity contribution is 0.102. The Bertz CT molecular complexity index is 800. The fourth-order valence-electron chi connectivity index (χ4n) is 2.69. The van der Waals surface area contributed by atoms with Gasteiger partial charge in [0, 0.05) is 16.8 Å². The van der Waals surface area contributed by atoms with Gasteiger partial charge >= 0.3 is 0 Å². The molecule has 0 saturated carbocycles. The van der Waals surface area contributed by atoms with Crippen molar-refractivity contribution in [3.63, 3.8) is 0 Å². The SMILES string of the molecule is CC1=C(C(=O)c2ccccc2)C(c2cccc(O)c2)NC(=S)N1. The molecular formula is C18H16N2O2S. The van der Waals surface area contributed by atoms with E-state index in [-0.39, 0.29) is 11.5 Å². The Morgan fingerprint density at radius 1 is 1.13 bits per heavy atom. The molecule has 1 atom stereocenters. The highest BCUT2D eigenvalue weighted by Gasteiger charge is 2.30. The first-order valence-electron chi connectivity index (χ1n) is 7.23. The first-order chi connectivity index (χ1) is 11.1. The quantitative estimate of drug-likeness (QED) is 0.598. The largest absolute Gasteiger partial charge is 0.508 e. The second-order valence-corrected chi connectivity index (χ2v) is 5.77. The highest BCUT2D eigenvalue weighted by molar-refractivity contribution is 7.80. The van der Waals surface area contributed by atoms with Crippen LogP contribution in [0.1, 0.15) is 28.9 Å². The van der Waals surface area contributed by atoms with Gasteiger partial charge in [0.1, 0.15) is 5.75 Å². The number of nitrogens with one attached hydrogen (secondary N) is 2. The number of rotatable bonds is 3. The molecule has 1 heterocycles. The van der Waals surface area contributed by atoms with Gasteiger partial charge in [0.15, 0.2) is 10.9 Å². The van der Waals surface area contributed by atoms with Crippen LogP contribution in [0, 0.1) is 0 Å². The molecule has 23 heavy (non-hydrogen) atoms. The maximum Gasteiger partial charge on any atom is 0.193 e. The van der Waals surface area contributed by atoms with Crippen LogP contribution < -0.4 is 10.6 Å². The van der Waals surface area contributed by atoms with E-state index in [1.54, 1.807) is 30.3 Å². The molecule has 1 unspecified atom stereocenters. The summed E-state index contributed by atoms with van der Waals surface area (Å²) >= 11 is 5.22. The van der Waals surface area contributed by atoms with Crippen LogP contribution in [0.2, 0.25) is 0 Å². The average molecular weight is 324 g/mol. The number of aromatic hydroxyl groups is 1. The number of ketones is 1. The van der Waals surface area contributed by atoms with E-state index in [1.165, 1.54) is 0 Å². The van der Waals surface area contributed by atoms with E-state index < -0.39 is 6.04 Å². The van der Waals surface area contributed by atoms with Crippen LogP contribution >= 0.6 is 12.2 Å². The number of allylic oxidation sites excluding steroid dienone is 1. The van der Waals surface area contributed by atoms with Crippen molar-refractivity contribution in [3.05, 3.63) is 77.0 Å². The molecular weight excluding hydrogens is 308 g/mol. The van der Waals surface area contributed by atoms with E-state index in [4.69, 9.17) is 12.2 Å². The summed E-state index contributed by atoms with van der Waals surface area (Å²) in [5.74, 6) is 0.0804. The van der Waals surface area contributed by atoms with Crippen LogP contribution in [0.3, 0.4) is 0 Å². The van der Waals surface area contributed by atoms with Gasteiger partial charge < -0.3 is 15.7 Å². The molecule has 3 rings (SSSR count). The van der Waals surface area contributed by atoms with E-state index >= 15 is 0 Å². The maximum atomic E-state index is 12.9. The Morgan fingerprint density at radius 3 is 2.57 bits per heavy atom. The Kier molecular flexibility index (Phi) is 4.12. The van der Waals surface area contributed by atoms with Crippen molar-refractivity contribution in [1.82, 2.24) is 10.6 Å².